The predicted octanol–water partition coefficient (Wildman–Crippen LogP) is -0.103. The zero-order valence-electron chi connectivity index (χ0n) is 10.9. The van der Waals surface area contributed by atoms with Gasteiger partial charge in [-0.05, 0) is 6.42 Å². The van der Waals surface area contributed by atoms with E-state index in [1.54, 1.807) is 0 Å². The first kappa shape index (κ1) is 15.2. The van der Waals surface area contributed by atoms with Crippen LogP contribution in [0.25, 0.3) is 0 Å². The molecule has 0 aliphatic heterocycles. The van der Waals surface area contributed by atoms with E-state index < -0.39 is 12.0 Å². The largest absolute Gasteiger partial charge is 0.480 e. The first-order valence-electron chi connectivity index (χ1n) is 6.29. The number of carboxylic acid groups (broad SMARTS) is 1. The standard InChI is InChI=1S/C12H20N4O3/c1-2-3-8(5-13)11(17)16-10(12(18)19)4-9-6-14-7-15-9/h6-8,10H,2-5,13H2,1H3,(H,14,15)(H,16,17)(H,18,19). The maximum Gasteiger partial charge on any atom is 0.326 e. The lowest BCUT2D eigenvalue weighted by Crippen LogP contribution is -2.46. The summed E-state index contributed by atoms with van der Waals surface area (Å²) in [7, 11) is 0. The molecular weight excluding hydrogens is 248 g/mol. The summed E-state index contributed by atoms with van der Waals surface area (Å²) in [5, 5.41) is 11.6. The van der Waals surface area contributed by atoms with Crippen molar-refractivity contribution in [2.24, 2.45) is 11.7 Å². The quantitative estimate of drug-likeness (QED) is 0.524. The number of nitrogens with one attached hydrogen (secondary N) is 2. The van der Waals surface area contributed by atoms with Gasteiger partial charge in [-0.1, -0.05) is 13.3 Å². The van der Waals surface area contributed by atoms with Gasteiger partial charge in [0.1, 0.15) is 6.04 Å². The summed E-state index contributed by atoms with van der Waals surface area (Å²) >= 11 is 0. The lowest BCUT2D eigenvalue weighted by Gasteiger charge is -2.18. The monoisotopic (exact) mass is 268 g/mol. The zero-order valence-corrected chi connectivity index (χ0v) is 10.9. The molecule has 0 aromatic carbocycles. The molecular formula is C12H20N4O3. The van der Waals surface area contributed by atoms with Crippen molar-refractivity contribution >= 4 is 11.9 Å². The van der Waals surface area contributed by atoms with E-state index in [4.69, 9.17) is 10.8 Å². The highest BCUT2D eigenvalue weighted by molar-refractivity contribution is 5.85. The van der Waals surface area contributed by atoms with Crippen molar-refractivity contribution in [1.29, 1.82) is 0 Å². The number of amides is 1. The lowest BCUT2D eigenvalue weighted by molar-refractivity contribution is -0.142. The van der Waals surface area contributed by atoms with Crippen LogP contribution in [0.3, 0.4) is 0 Å². The third kappa shape index (κ3) is 4.70. The molecule has 1 aromatic rings. The molecule has 106 valence electrons. The predicted molar refractivity (Wildman–Crippen MR) is 69.3 cm³/mol. The van der Waals surface area contributed by atoms with Crippen molar-refractivity contribution in [3.05, 3.63) is 18.2 Å². The first-order chi connectivity index (χ1) is 9.08. The molecule has 0 saturated heterocycles. The van der Waals surface area contributed by atoms with Crippen molar-refractivity contribution in [1.82, 2.24) is 15.3 Å². The van der Waals surface area contributed by atoms with E-state index in [0.717, 1.165) is 6.42 Å². The number of aromatic nitrogens is 2. The molecule has 0 radical (unpaired) electrons. The second kappa shape index (κ2) is 7.52. The van der Waals surface area contributed by atoms with Gasteiger partial charge in [0, 0.05) is 24.9 Å². The van der Waals surface area contributed by atoms with Crippen molar-refractivity contribution in [2.45, 2.75) is 32.2 Å². The van der Waals surface area contributed by atoms with Crippen LogP contribution >= 0.6 is 0 Å². The minimum absolute atomic E-state index is 0.171. The second-order valence-electron chi connectivity index (χ2n) is 4.40. The number of rotatable bonds is 8. The third-order valence-corrected chi connectivity index (χ3v) is 2.89. The number of carbonyl (C=O) groups is 2. The number of hydrogen-bond acceptors (Lipinski definition) is 4. The normalized spacial score (nSPS) is 13.8. The Kier molecular flexibility index (Phi) is 6.01. The molecule has 1 amide bonds. The number of imidazole rings is 1. The number of hydrogen-bond donors (Lipinski definition) is 4. The van der Waals surface area contributed by atoms with Gasteiger partial charge in [-0.25, -0.2) is 9.78 Å². The fraction of sp³-hybridized carbons (Fsp3) is 0.583. The van der Waals surface area contributed by atoms with Gasteiger partial charge in [-0.3, -0.25) is 4.79 Å². The number of H-pyrrole nitrogens is 1. The van der Waals surface area contributed by atoms with E-state index in [1.165, 1.54) is 12.5 Å². The summed E-state index contributed by atoms with van der Waals surface area (Å²) in [5.41, 5.74) is 6.18. The summed E-state index contributed by atoms with van der Waals surface area (Å²) in [6, 6.07) is -0.973. The molecule has 2 unspecified atom stereocenters. The number of carboxylic acids is 1. The molecule has 7 nitrogen and oxygen atoms in total. The summed E-state index contributed by atoms with van der Waals surface area (Å²) in [5.74, 6) is -1.72. The van der Waals surface area contributed by atoms with E-state index in [1.807, 2.05) is 6.92 Å². The Morgan fingerprint density at radius 2 is 2.32 bits per heavy atom. The SMILES string of the molecule is CCCC(CN)C(=O)NC(Cc1cnc[nH]1)C(=O)O. The Hall–Kier alpha value is -1.89. The molecule has 0 fully saturated rings. The van der Waals surface area contributed by atoms with Crippen LogP contribution in [-0.4, -0.2) is 39.5 Å². The lowest BCUT2D eigenvalue weighted by atomic mass is 10.0. The van der Waals surface area contributed by atoms with Crippen LogP contribution in [-0.2, 0) is 16.0 Å². The Bertz CT molecular complexity index is 405. The molecule has 0 aliphatic carbocycles. The summed E-state index contributed by atoms with van der Waals surface area (Å²) < 4.78 is 0. The van der Waals surface area contributed by atoms with Crippen LogP contribution in [0.5, 0.6) is 0 Å². The van der Waals surface area contributed by atoms with Gasteiger partial charge in [-0.2, -0.15) is 0 Å². The fourth-order valence-corrected chi connectivity index (χ4v) is 1.81. The highest BCUT2D eigenvalue weighted by Gasteiger charge is 2.24. The molecule has 2 atom stereocenters. The van der Waals surface area contributed by atoms with E-state index in [0.29, 0.717) is 12.1 Å². The van der Waals surface area contributed by atoms with E-state index in [-0.39, 0.29) is 24.8 Å². The number of nitrogens with two attached hydrogens (primary N) is 1. The van der Waals surface area contributed by atoms with Crippen LogP contribution in [0.2, 0.25) is 0 Å². The topological polar surface area (TPSA) is 121 Å². The van der Waals surface area contributed by atoms with Gasteiger partial charge in [0.2, 0.25) is 5.91 Å². The van der Waals surface area contributed by atoms with Crippen LogP contribution in [0.1, 0.15) is 25.5 Å². The number of carbonyl (C=O) groups excluding carboxylic acids is 1. The molecule has 19 heavy (non-hydrogen) atoms. The van der Waals surface area contributed by atoms with Crippen LogP contribution in [0.4, 0.5) is 0 Å². The summed E-state index contributed by atoms with van der Waals surface area (Å²) in [6.07, 6.45) is 4.65. The van der Waals surface area contributed by atoms with Crippen LogP contribution < -0.4 is 11.1 Å². The van der Waals surface area contributed by atoms with Gasteiger partial charge in [0.05, 0.1) is 12.2 Å². The Morgan fingerprint density at radius 1 is 1.58 bits per heavy atom. The van der Waals surface area contributed by atoms with Gasteiger partial charge in [0.15, 0.2) is 0 Å². The molecule has 1 rings (SSSR count). The molecule has 1 aromatic heterocycles. The Morgan fingerprint density at radius 3 is 2.79 bits per heavy atom. The van der Waals surface area contributed by atoms with Gasteiger partial charge in [0.25, 0.3) is 0 Å². The smallest absolute Gasteiger partial charge is 0.326 e. The molecule has 0 spiro atoms. The summed E-state index contributed by atoms with van der Waals surface area (Å²) in [6.45, 7) is 2.17. The van der Waals surface area contributed by atoms with Crippen LogP contribution in [0.15, 0.2) is 12.5 Å². The van der Waals surface area contributed by atoms with Gasteiger partial charge in [-0.15, -0.1) is 0 Å². The minimum Gasteiger partial charge on any atom is -0.480 e. The van der Waals surface area contributed by atoms with Crippen molar-refractivity contribution < 1.29 is 14.7 Å². The van der Waals surface area contributed by atoms with Crippen molar-refractivity contribution in [2.75, 3.05) is 6.54 Å². The zero-order chi connectivity index (χ0) is 14.3. The maximum absolute atomic E-state index is 11.9. The molecule has 0 aliphatic rings. The molecule has 7 heteroatoms. The highest BCUT2D eigenvalue weighted by Crippen LogP contribution is 2.06. The third-order valence-electron chi connectivity index (χ3n) is 2.89. The minimum atomic E-state index is -1.07. The van der Waals surface area contributed by atoms with Crippen molar-refractivity contribution in [3.63, 3.8) is 0 Å². The van der Waals surface area contributed by atoms with Gasteiger partial charge < -0.3 is 21.1 Å². The number of aromatic amines is 1. The van der Waals surface area contributed by atoms with E-state index in [2.05, 4.69) is 15.3 Å². The molecule has 0 bridgehead atoms. The molecule has 0 saturated carbocycles. The first-order valence-corrected chi connectivity index (χ1v) is 6.29. The highest BCUT2D eigenvalue weighted by atomic mass is 16.4. The average Bonchev–Trinajstić information content (AvgIpc) is 2.87. The Labute approximate surface area is 111 Å². The molecule has 5 N–H and O–H groups in total. The van der Waals surface area contributed by atoms with Crippen molar-refractivity contribution in [3.8, 4) is 0 Å². The number of nitrogens with zero attached hydrogens (tertiary/aromatic N) is 1. The average molecular weight is 268 g/mol. The van der Waals surface area contributed by atoms with E-state index in [9.17, 15) is 9.59 Å². The van der Waals surface area contributed by atoms with E-state index >= 15 is 0 Å². The summed E-state index contributed by atoms with van der Waals surface area (Å²) in [4.78, 5) is 29.7. The maximum atomic E-state index is 11.9. The fourth-order valence-electron chi connectivity index (χ4n) is 1.81. The molecule has 1 heterocycles. The number of aliphatic carboxylic acids is 1. The van der Waals surface area contributed by atoms with Gasteiger partial charge >= 0.3 is 5.97 Å². The van der Waals surface area contributed by atoms with Crippen LogP contribution in [0, 0.1) is 5.92 Å². The second-order valence-corrected chi connectivity index (χ2v) is 4.40. The Balaban J connectivity index is 2.62.